The summed E-state index contributed by atoms with van der Waals surface area (Å²) in [6, 6.07) is 6.73. The third-order valence-electron chi connectivity index (χ3n) is 3.04. The second-order valence-electron chi connectivity index (χ2n) is 4.62. The Morgan fingerprint density at radius 3 is 3.19 bits per heavy atom. The van der Waals surface area contributed by atoms with E-state index in [0.29, 0.717) is 6.04 Å². The van der Waals surface area contributed by atoms with E-state index in [4.69, 9.17) is 0 Å². The van der Waals surface area contributed by atoms with Crippen molar-refractivity contribution in [3.05, 3.63) is 30.1 Å². The zero-order valence-electron chi connectivity index (χ0n) is 10.0. The molecule has 0 saturated carbocycles. The lowest BCUT2D eigenvalue weighted by Crippen LogP contribution is -2.42. The molecule has 16 heavy (non-hydrogen) atoms. The van der Waals surface area contributed by atoms with Gasteiger partial charge in [-0.3, -0.25) is 9.88 Å². The average Bonchev–Trinajstić information content (AvgIpc) is 2.27. The summed E-state index contributed by atoms with van der Waals surface area (Å²) in [5.41, 5.74) is 1.18. The molecule has 0 bridgehead atoms. The standard InChI is InChI=1S/C13H21N3/c1-12-10-16(9-5-4-7-14-12)11-13-6-2-3-8-15-13/h2-3,6,8,12,14H,4-5,7,9-11H2,1H3. The lowest BCUT2D eigenvalue weighted by atomic mass is 10.2. The van der Waals surface area contributed by atoms with Gasteiger partial charge in [-0.1, -0.05) is 6.07 Å². The topological polar surface area (TPSA) is 28.2 Å². The zero-order chi connectivity index (χ0) is 11.2. The number of rotatable bonds is 2. The first-order valence-electron chi connectivity index (χ1n) is 6.20. The van der Waals surface area contributed by atoms with Gasteiger partial charge in [-0.05, 0) is 45.0 Å². The highest BCUT2D eigenvalue weighted by Gasteiger charge is 2.13. The van der Waals surface area contributed by atoms with Crippen molar-refractivity contribution in [2.24, 2.45) is 0 Å². The molecule has 1 saturated heterocycles. The molecule has 3 nitrogen and oxygen atoms in total. The van der Waals surface area contributed by atoms with E-state index >= 15 is 0 Å². The summed E-state index contributed by atoms with van der Waals surface area (Å²) < 4.78 is 0. The number of aromatic nitrogens is 1. The molecule has 1 unspecified atom stereocenters. The lowest BCUT2D eigenvalue weighted by Gasteiger charge is -2.28. The van der Waals surface area contributed by atoms with Crippen LogP contribution < -0.4 is 5.32 Å². The molecule has 1 fully saturated rings. The predicted octanol–water partition coefficient (Wildman–Crippen LogP) is 1.66. The highest BCUT2D eigenvalue weighted by Crippen LogP contribution is 2.06. The number of pyridine rings is 1. The van der Waals surface area contributed by atoms with Crippen molar-refractivity contribution < 1.29 is 0 Å². The molecule has 1 aromatic rings. The third kappa shape index (κ3) is 3.58. The van der Waals surface area contributed by atoms with Gasteiger partial charge in [0.1, 0.15) is 0 Å². The van der Waals surface area contributed by atoms with Crippen molar-refractivity contribution >= 4 is 0 Å². The molecule has 0 amide bonds. The van der Waals surface area contributed by atoms with E-state index in [0.717, 1.165) is 13.1 Å². The minimum Gasteiger partial charge on any atom is -0.313 e. The van der Waals surface area contributed by atoms with Gasteiger partial charge in [0, 0.05) is 25.3 Å². The van der Waals surface area contributed by atoms with Crippen LogP contribution in [0.1, 0.15) is 25.5 Å². The fraction of sp³-hybridized carbons (Fsp3) is 0.615. The quantitative estimate of drug-likeness (QED) is 0.820. The van der Waals surface area contributed by atoms with Crippen LogP contribution >= 0.6 is 0 Å². The minimum absolute atomic E-state index is 0.587. The Balaban J connectivity index is 1.91. The van der Waals surface area contributed by atoms with Gasteiger partial charge in [0.25, 0.3) is 0 Å². The summed E-state index contributed by atoms with van der Waals surface area (Å²) >= 11 is 0. The van der Waals surface area contributed by atoms with Crippen molar-refractivity contribution in [1.29, 1.82) is 0 Å². The van der Waals surface area contributed by atoms with Gasteiger partial charge in [0.2, 0.25) is 0 Å². The Bertz CT molecular complexity index is 299. The Kier molecular flexibility index (Phi) is 4.31. The van der Waals surface area contributed by atoms with E-state index in [1.165, 1.54) is 31.6 Å². The second-order valence-corrected chi connectivity index (χ2v) is 4.62. The van der Waals surface area contributed by atoms with E-state index in [2.05, 4.69) is 34.3 Å². The fourth-order valence-electron chi connectivity index (χ4n) is 2.22. The molecule has 1 aliphatic rings. The number of hydrogen-bond acceptors (Lipinski definition) is 3. The molecule has 1 aromatic heterocycles. The zero-order valence-corrected chi connectivity index (χ0v) is 10.0. The lowest BCUT2D eigenvalue weighted by molar-refractivity contribution is 0.217. The number of hydrogen-bond donors (Lipinski definition) is 1. The average molecular weight is 219 g/mol. The predicted molar refractivity (Wildman–Crippen MR) is 66.2 cm³/mol. The molecule has 0 aliphatic carbocycles. The van der Waals surface area contributed by atoms with E-state index < -0.39 is 0 Å². The van der Waals surface area contributed by atoms with Crippen LogP contribution in [0.3, 0.4) is 0 Å². The van der Waals surface area contributed by atoms with Crippen molar-refractivity contribution in [1.82, 2.24) is 15.2 Å². The summed E-state index contributed by atoms with van der Waals surface area (Å²) in [5, 5.41) is 3.54. The maximum Gasteiger partial charge on any atom is 0.0543 e. The molecule has 1 N–H and O–H groups in total. The van der Waals surface area contributed by atoms with E-state index in [-0.39, 0.29) is 0 Å². The van der Waals surface area contributed by atoms with E-state index in [1.807, 2.05) is 12.3 Å². The van der Waals surface area contributed by atoms with Crippen LogP contribution in [0.4, 0.5) is 0 Å². The monoisotopic (exact) mass is 219 g/mol. The van der Waals surface area contributed by atoms with Crippen LogP contribution in [0.2, 0.25) is 0 Å². The molecule has 88 valence electrons. The molecule has 0 radical (unpaired) electrons. The van der Waals surface area contributed by atoms with E-state index in [1.54, 1.807) is 0 Å². The van der Waals surface area contributed by atoms with Crippen LogP contribution in [0.5, 0.6) is 0 Å². The highest BCUT2D eigenvalue weighted by molar-refractivity contribution is 5.03. The van der Waals surface area contributed by atoms with Crippen LogP contribution in [0.25, 0.3) is 0 Å². The molecular formula is C13H21N3. The molecule has 2 heterocycles. The third-order valence-corrected chi connectivity index (χ3v) is 3.04. The van der Waals surface area contributed by atoms with Crippen molar-refractivity contribution in [3.63, 3.8) is 0 Å². The first-order valence-corrected chi connectivity index (χ1v) is 6.20. The summed E-state index contributed by atoms with van der Waals surface area (Å²) in [7, 11) is 0. The Labute approximate surface area is 97.9 Å². The van der Waals surface area contributed by atoms with Gasteiger partial charge in [0.15, 0.2) is 0 Å². The maximum absolute atomic E-state index is 4.39. The number of nitrogens with zero attached hydrogens (tertiary/aromatic N) is 2. The molecule has 1 aliphatic heterocycles. The van der Waals surface area contributed by atoms with Gasteiger partial charge in [-0.2, -0.15) is 0 Å². The van der Waals surface area contributed by atoms with Crippen molar-refractivity contribution in [3.8, 4) is 0 Å². The Morgan fingerprint density at radius 1 is 1.44 bits per heavy atom. The van der Waals surface area contributed by atoms with Crippen LogP contribution in [0.15, 0.2) is 24.4 Å². The SMILES string of the molecule is CC1CN(Cc2ccccn2)CCCCN1. The van der Waals surface area contributed by atoms with Gasteiger partial charge < -0.3 is 5.32 Å². The summed E-state index contributed by atoms with van der Waals surface area (Å²) in [6.07, 6.45) is 4.44. The largest absolute Gasteiger partial charge is 0.313 e. The van der Waals surface area contributed by atoms with Gasteiger partial charge >= 0.3 is 0 Å². The normalized spacial score (nSPS) is 23.7. The molecule has 1 atom stereocenters. The minimum atomic E-state index is 0.587. The fourth-order valence-corrected chi connectivity index (χ4v) is 2.22. The van der Waals surface area contributed by atoms with Gasteiger partial charge in [0.05, 0.1) is 5.69 Å². The first kappa shape index (κ1) is 11.6. The molecule has 2 rings (SSSR count). The van der Waals surface area contributed by atoms with Gasteiger partial charge in [-0.15, -0.1) is 0 Å². The van der Waals surface area contributed by atoms with Crippen molar-refractivity contribution in [2.45, 2.75) is 32.4 Å². The van der Waals surface area contributed by atoms with Crippen LogP contribution in [0, 0.1) is 0 Å². The Morgan fingerprint density at radius 2 is 2.38 bits per heavy atom. The van der Waals surface area contributed by atoms with Crippen LogP contribution in [-0.2, 0) is 6.54 Å². The molecule has 0 aromatic carbocycles. The first-order chi connectivity index (χ1) is 7.84. The smallest absolute Gasteiger partial charge is 0.0543 e. The molecule has 0 spiro atoms. The van der Waals surface area contributed by atoms with Crippen LogP contribution in [-0.4, -0.2) is 35.6 Å². The Hall–Kier alpha value is -0.930. The summed E-state index contributed by atoms with van der Waals surface area (Å²) in [6.45, 7) is 6.72. The maximum atomic E-state index is 4.39. The van der Waals surface area contributed by atoms with Gasteiger partial charge in [-0.25, -0.2) is 0 Å². The summed E-state index contributed by atoms with van der Waals surface area (Å²) in [4.78, 5) is 6.89. The van der Waals surface area contributed by atoms with Crippen molar-refractivity contribution in [2.75, 3.05) is 19.6 Å². The second kappa shape index (κ2) is 5.97. The molecule has 3 heteroatoms. The molecular weight excluding hydrogens is 198 g/mol. The van der Waals surface area contributed by atoms with E-state index in [9.17, 15) is 0 Å². The highest BCUT2D eigenvalue weighted by atomic mass is 15.2. The number of nitrogens with one attached hydrogen (secondary N) is 1. The summed E-state index contributed by atoms with van der Waals surface area (Å²) in [5.74, 6) is 0.